The van der Waals surface area contributed by atoms with Crippen molar-refractivity contribution in [2.75, 3.05) is 12.3 Å². The van der Waals surface area contributed by atoms with E-state index in [0.717, 1.165) is 0 Å². The Kier molecular flexibility index (Phi) is 4.48. The summed E-state index contributed by atoms with van der Waals surface area (Å²) in [4.78, 5) is 15.9. The fourth-order valence-electron chi connectivity index (χ4n) is 2.44. The van der Waals surface area contributed by atoms with Gasteiger partial charge in [0.2, 0.25) is 5.91 Å². The van der Waals surface area contributed by atoms with Gasteiger partial charge in [0.25, 0.3) is 0 Å². The number of sulfone groups is 1. The summed E-state index contributed by atoms with van der Waals surface area (Å²) in [6.07, 6.45) is 0.491. The third-order valence-electron chi connectivity index (χ3n) is 3.57. The largest absolute Gasteiger partial charge is 0.486 e. The summed E-state index contributed by atoms with van der Waals surface area (Å²) < 4.78 is 43.5. The monoisotopic (exact) mass is 350 g/mol. The van der Waals surface area contributed by atoms with Crippen LogP contribution in [-0.2, 0) is 21.1 Å². The zero-order valence-electron chi connectivity index (χ0n) is 12.6. The van der Waals surface area contributed by atoms with E-state index < -0.39 is 27.7 Å². The topological polar surface area (TPSA) is 85.4 Å². The lowest BCUT2D eigenvalue weighted by Crippen LogP contribution is -2.42. The first-order valence-electron chi connectivity index (χ1n) is 7.30. The Bertz CT molecular complexity index is 870. The molecule has 2 aromatic rings. The molecule has 0 fully saturated rings. The number of pyridine rings is 1. The Labute approximate surface area is 138 Å². The molecule has 8 heteroatoms. The first-order valence-corrected chi connectivity index (χ1v) is 8.95. The number of nitrogens with zero attached hydrogens (tertiary/aromatic N) is 1. The zero-order chi connectivity index (χ0) is 17.2. The number of ether oxygens (including phenoxy) is 1. The molecule has 1 aliphatic rings. The first-order chi connectivity index (χ1) is 11.5. The molecular weight excluding hydrogens is 335 g/mol. The van der Waals surface area contributed by atoms with Gasteiger partial charge in [-0.15, -0.1) is 0 Å². The van der Waals surface area contributed by atoms with Crippen LogP contribution in [0.2, 0.25) is 0 Å². The first kappa shape index (κ1) is 16.4. The van der Waals surface area contributed by atoms with Crippen molar-refractivity contribution in [2.45, 2.75) is 17.4 Å². The standard InChI is InChI=1S/C16H15FN2O4S/c17-12-4-3-7-18-13(12)8-16(20)19-9-11-10-24(21,22)15-6-2-1-5-14(15)23-11/h1-7,11H,8-10H2,(H,19,20). The van der Waals surface area contributed by atoms with Gasteiger partial charge in [0.15, 0.2) is 9.84 Å². The maximum Gasteiger partial charge on any atom is 0.226 e. The summed E-state index contributed by atoms with van der Waals surface area (Å²) in [5.41, 5.74) is 0.0394. The van der Waals surface area contributed by atoms with Gasteiger partial charge in [-0.1, -0.05) is 12.1 Å². The highest BCUT2D eigenvalue weighted by atomic mass is 32.2. The molecule has 0 saturated heterocycles. The molecule has 0 aliphatic carbocycles. The van der Waals surface area contributed by atoms with Gasteiger partial charge >= 0.3 is 0 Å². The highest BCUT2D eigenvalue weighted by Crippen LogP contribution is 2.30. The zero-order valence-corrected chi connectivity index (χ0v) is 13.4. The molecule has 0 spiro atoms. The van der Waals surface area contributed by atoms with Gasteiger partial charge in [0.1, 0.15) is 22.6 Å². The van der Waals surface area contributed by atoms with Gasteiger partial charge in [-0.25, -0.2) is 12.8 Å². The molecule has 2 heterocycles. The molecule has 6 nitrogen and oxygen atoms in total. The highest BCUT2D eigenvalue weighted by molar-refractivity contribution is 7.91. The number of carbonyl (C=O) groups excluding carboxylic acids is 1. The summed E-state index contributed by atoms with van der Waals surface area (Å²) in [7, 11) is -3.45. The number of halogens is 1. The molecule has 1 unspecified atom stereocenters. The van der Waals surface area contributed by atoms with Crippen molar-refractivity contribution in [3.05, 3.63) is 54.1 Å². The van der Waals surface area contributed by atoms with Crippen LogP contribution in [0, 0.1) is 5.82 Å². The summed E-state index contributed by atoms with van der Waals surface area (Å²) in [6, 6.07) is 9.04. The molecule has 0 radical (unpaired) electrons. The summed E-state index contributed by atoms with van der Waals surface area (Å²) in [5, 5.41) is 2.56. The number of hydrogen-bond donors (Lipinski definition) is 1. The normalized spacial score (nSPS) is 18.3. The maximum absolute atomic E-state index is 13.5. The number of nitrogens with one attached hydrogen (secondary N) is 1. The van der Waals surface area contributed by atoms with Crippen LogP contribution in [0.5, 0.6) is 5.75 Å². The van der Waals surface area contributed by atoms with Gasteiger partial charge in [-0.2, -0.15) is 0 Å². The Hall–Kier alpha value is -2.48. The van der Waals surface area contributed by atoms with E-state index in [0.29, 0.717) is 0 Å². The van der Waals surface area contributed by atoms with Gasteiger partial charge < -0.3 is 10.1 Å². The Morgan fingerprint density at radius 3 is 2.88 bits per heavy atom. The number of carbonyl (C=O) groups is 1. The second-order valence-corrected chi connectivity index (χ2v) is 7.38. The number of rotatable bonds is 4. The molecule has 3 rings (SSSR count). The van der Waals surface area contributed by atoms with Gasteiger partial charge in [-0.05, 0) is 24.3 Å². The third-order valence-corrected chi connectivity index (χ3v) is 5.39. The number of amides is 1. The van der Waals surface area contributed by atoms with Crippen LogP contribution < -0.4 is 10.1 Å². The molecule has 0 saturated carbocycles. The van der Waals surface area contributed by atoms with Gasteiger partial charge in [0.05, 0.1) is 24.4 Å². The van der Waals surface area contributed by atoms with E-state index in [-0.39, 0.29) is 35.1 Å². The van der Waals surface area contributed by atoms with Gasteiger partial charge in [-0.3, -0.25) is 9.78 Å². The van der Waals surface area contributed by atoms with Crippen molar-refractivity contribution in [3.8, 4) is 5.75 Å². The minimum atomic E-state index is -3.45. The Morgan fingerprint density at radius 1 is 1.29 bits per heavy atom. The van der Waals surface area contributed by atoms with Crippen LogP contribution >= 0.6 is 0 Å². The lowest BCUT2D eigenvalue weighted by molar-refractivity contribution is -0.120. The third kappa shape index (κ3) is 3.53. The van der Waals surface area contributed by atoms with E-state index in [1.165, 1.54) is 24.4 Å². The molecule has 0 bridgehead atoms. The van der Waals surface area contributed by atoms with Crippen molar-refractivity contribution in [3.63, 3.8) is 0 Å². The van der Waals surface area contributed by atoms with Crippen molar-refractivity contribution in [1.29, 1.82) is 0 Å². The average Bonchev–Trinajstić information content (AvgIpc) is 2.55. The molecule has 126 valence electrons. The SMILES string of the molecule is O=C(Cc1ncccc1F)NCC1CS(=O)(=O)c2ccccc2O1. The van der Waals surface area contributed by atoms with Gasteiger partial charge in [0, 0.05) is 6.20 Å². The molecule has 1 atom stereocenters. The van der Waals surface area contributed by atoms with E-state index in [9.17, 15) is 17.6 Å². The van der Waals surface area contributed by atoms with Crippen molar-refractivity contribution in [2.24, 2.45) is 0 Å². The van der Waals surface area contributed by atoms with E-state index in [4.69, 9.17) is 4.74 Å². The van der Waals surface area contributed by atoms with E-state index >= 15 is 0 Å². The quantitative estimate of drug-likeness (QED) is 0.893. The number of benzene rings is 1. The number of hydrogen-bond acceptors (Lipinski definition) is 5. The fourth-order valence-corrected chi connectivity index (χ4v) is 4.01. The maximum atomic E-state index is 13.5. The minimum Gasteiger partial charge on any atom is -0.486 e. The molecule has 1 aromatic carbocycles. The van der Waals surface area contributed by atoms with Crippen molar-refractivity contribution >= 4 is 15.7 Å². The van der Waals surface area contributed by atoms with Crippen LogP contribution in [0.3, 0.4) is 0 Å². The van der Waals surface area contributed by atoms with Crippen LogP contribution in [0.25, 0.3) is 0 Å². The predicted octanol–water partition coefficient (Wildman–Crippen LogP) is 1.11. The Morgan fingerprint density at radius 2 is 2.08 bits per heavy atom. The second-order valence-electron chi connectivity index (χ2n) is 5.38. The molecule has 1 aliphatic heterocycles. The van der Waals surface area contributed by atoms with Crippen LogP contribution in [0.1, 0.15) is 5.69 Å². The number of fused-ring (bicyclic) bond motifs is 1. The van der Waals surface area contributed by atoms with Crippen molar-refractivity contribution < 1.29 is 22.3 Å². The number of aromatic nitrogens is 1. The van der Waals surface area contributed by atoms with Crippen molar-refractivity contribution in [1.82, 2.24) is 10.3 Å². The van der Waals surface area contributed by atoms with Crippen LogP contribution in [0.15, 0.2) is 47.5 Å². The average molecular weight is 350 g/mol. The summed E-state index contributed by atoms with van der Waals surface area (Å²) in [6.45, 7) is 0.0147. The van der Waals surface area contributed by atoms with E-state index in [1.807, 2.05) is 0 Å². The Balaban J connectivity index is 1.62. The smallest absolute Gasteiger partial charge is 0.226 e. The molecular formula is C16H15FN2O4S. The second kappa shape index (κ2) is 6.56. The molecule has 24 heavy (non-hydrogen) atoms. The number of para-hydroxylation sites is 1. The minimum absolute atomic E-state index is 0.0147. The lowest BCUT2D eigenvalue weighted by Gasteiger charge is -2.26. The van der Waals surface area contributed by atoms with E-state index in [2.05, 4.69) is 10.3 Å². The summed E-state index contributed by atoms with van der Waals surface area (Å²) in [5.74, 6) is -0.952. The predicted molar refractivity (Wildman–Crippen MR) is 83.8 cm³/mol. The van der Waals surface area contributed by atoms with E-state index in [1.54, 1.807) is 18.2 Å². The van der Waals surface area contributed by atoms with Crippen LogP contribution in [0.4, 0.5) is 4.39 Å². The molecule has 1 aromatic heterocycles. The summed E-state index contributed by atoms with van der Waals surface area (Å²) >= 11 is 0. The lowest BCUT2D eigenvalue weighted by atomic mass is 10.2. The molecule has 1 amide bonds. The highest BCUT2D eigenvalue weighted by Gasteiger charge is 2.31. The molecule has 1 N–H and O–H groups in total. The fraction of sp³-hybridized carbons (Fsp3) is 0.250. The van der Waals surface area contributed by atoms with Crippen LogP contribution in [-0.4, -0.2) is 37.7 Å².